The van der Waals surface area contributed by atoms with Crippen LogP contribution in [0.1, 0.15) is 5.56 Å². The van der Waals surface area contributed by atoms with Crippen molar-refractivity contribution in [3.63, 3.8) is 0 Å². The summed E-state index contributed by atoms with van der Waals surface area (Å²) in [7, 11) is -0.974. The minimum absolute atomic E-state index is 0.577. The van der Waals surface area contributed by atoms with Crippen molar-refractivity contribution in [3.8, 4) is 0 Å². The van der Waals surface area contributed by atoms with E-state index < -0.39 is 9.06 Å². The average Bonchev–Trinajstić information content (AvgIpc) is 1.83. The molecule has 0 spiro atoms. The molecule has 2 N–H and O–H groups in total. The van der Waals surface area contributed by atoms with Gasteiger partial charge in [-0.05, 0) is 31.1 Å². The Bertz CT molecular complexity index is 292. The van der Waals surface area contributed by atoms with Crippen LogP contribution < -0.4 is 5.73 Å². The lowest BCUT2D eigenvalue weighted by atomic mass is 10.3. The van der Waals surface area contributed by atoms with Gasteiger partial charge in [-0.15, -0.1) is 11.7 Å². The van der Waals surface area contributed by atoms with E-state index in [1.54, 1.807) is 0 Å². The molecule has 0 aliphatic carbocycles. The molecule has 68 valence electrons. The van der Waals surface area contributed by atoms with Gasteiger partial charge in [-0.1, -0.05) is 0 Å². The number of thiol groups is 1. The first-order valence-corrected chi connectivity index (χ1v) is 7.09. The molecule has 1 rings (SSSR count). The van der Waals surface area contributed by atoms with Crippen LogP contribution in [0.4, 0.5) is 5.82 Å². The Hall–Kier alpha value is -0.350. The zero-order valence-corrected chi connectivity index (χ0v) is 9.25. The molecule has 1 heterocycles. The highest BCUT2D eigenvalue weighted by atomic mass is 33.1. The summed E-state index contributed by atoms with van der Waals surface area (Å²) >= 11 is 4.55. The van der Waals surface area contributed by atoms with Gasteiger partial charge in [0.2, 0.25) is 0 Å². The van der Waals surface area contributed by atoms with Crippen LogP contribution in [0.2, 0.25) is 0 Å². The van der Waals surface area contributed by atoms with Crippen LogP contribution in [0.3, 0.4) is 0 Å². The van der Waals surface area contributed by atoms with Crippen molar-refractivity contribution < 1.29 is 0 Å². The van der Waals surface area contributed by atoms with Gasteiger partial charge in [-0.3, -0.25) is 0 Å². The Morgan fingerprint density at radius 2 is 2.08 bits per heavy atom. The van der Waals surface area contributed by atoms with Gasteiger partial charge in [-0.2, -0.15) is 9.06 Å². The Morgan fingerprint density at radius 3 is 2.50 bits per heavy atom. The van der Waals surface area contributed by atoms with E-state index in [0.29, 0.717) is 5.82 Å². The topological polar surface area (TPSA) is 38.9 Å². The second kappa shape index (κ2) is 3.18. The molecule has 4 heteroatoms. The maximum absolute atomic E-state index is 5.54. The summed E-state index contributed by atoms with van der Waals surface area (Å²) in [4.78, 5) is 5.26. The molecule has 1 aromatic heterocycles. The number of nitrogen functional groups attached to an aromatic ring is 1. The second-order valence-electron chi connectivity index (χ2n) is 3.15. The molecule has 0 fully saturated rings. The van der Waals surface area contributed by atoms with Crippen molar-refractivity contribution in [2.75, 3.05) is 18.2 Å². The smallest absolute Gasteiger partial charge is 0.123 e. The highest BCUT2D eigenvalue weighted by molar-refractivity contribution is 8.87. The van der Waals surface area contributed by atoms with Gasteiger partial charge in [0.15, 0.2) is 0 Å². The largest absolute Gasteiger partial charge is 0.384 e. The number of anilines is 1. The third kappa shape index (κ3) is 2.08. The third-order valence-electron chi connectivity index (χ3n) is 1.62. The fourth-order valence-electron chi connectivity index (χ4n) is 1.09. The Morgan fingerprint density at radius 1 is 1.50 bits per heavy atom. The van der Waals surface area contributed by atoms with Crippen molar-refractivity contribution in [2.45, 2.75) is 11.8 Å². The van der Waals surface area contributed by atoms with Crippen LogP contribution in [0.25, 0.3) is 0 Å². The van der Waals surface area contributed by atoms with Crippen LogP contribution >= 0.6 is 20.7 Å². The first-order valence-electron chi connectivity index (χ1n) is 3.59. The summed E-state index contributed by atoms with van der Waals surface area (Å²) in [6.45, 7) is 2.04. The fourth-order valence-corrected chi connectivity index (χ4v) is 2.82. The standard InChI is InChI=1S/C8H14N2S2/c1-6-4-8(9)10-5-7(6)12(2,3)11/h4-5,11H,1-3H3,(H2,9,10). The fraction of sp³-hybridized carbons (Fsp3) is 0.375. The van der Waals surface area contributed by atoms with Gasteiger partial charge in [0.1, 0.15) is 5.82 Å². The maximum atomic E-state index is 5.54. The zero-order chi connectivity index (χ0) is 9.35. The third-order valence-corrected chi connectivity index (χ3v) is 3.72. The second-order valence-corrected chi connectivity index (χ2v) is 8.87. The van der Waals surface area contributed by atoms with Crippen LogP contribution in [0.5, 0.6) is 0 Å². The van der Waals surface area contributed by atoms with Gasteiger partial charge in [-0.25, -0.2) is 4.98 Å². The van der Waals surface area contributed by atoms with Crippen LogP contribution in [0, 0.1) is 6.92 Å². The molecule has 2 nitrogen and oxygen atoms in total. The molecular weight excluding hydrogens is 188 g/mol. The number of hydrogen-bond acceptors (Lipinski definition) is 3. The van der Waals surface area contributed by atoms with E-state index in [4.69, 9.17) is 5.73 Å². The summed E-state index contributed by atoms with van der Waals surface area (Å²) in [5.74, 6) is 0.577. The van der Waals surface area contributed by atoms with Crippen molar-refractivity contribution in [3.05, 3.63) is 17.8 Å². The lowest BCUT2D eigenvalue weighted by Gasteiger charge is -2.25. The first-order chi connectivity index (χ1) is 5.41. The molecule has 12 heavy (non-hydrogen) atoms. The summed E-state index contributed by atoms with van der Waals surface area (Å²) < 4.78 is 0. The zero-order valence-electron chi connectivity index (χ0n) is 7.53. The lowest BCUT2D eigenvalue weighted by Crippen LogP contribution is -1.96. The van der Waals surface area contributed by atoms with Gasteiger partial charge in [0, 0.05) is 11.1 Å². The normalized spacial score (nSPS) is 13.0. The molecular formula is C8H14N2S2. The predicted molar refractivity (Wildman–Crippen MR) is 60.1 cm³/mol. The highest BCUT2D eigenvalue weighted by Crippen LogP contribution is 2.54. The summed E-state index contributed by atoms with van der Waals surface area (Å²) in [6, 6.07) is 1.89. The Kier molecular flexibility index (Phi) is 2.58. The minimum atomic E-state index is -0.974. The summed E-state index contributed by atoms with van der Waals surface area (Å²) in [6.07, 6.45) is 6.07. The van der Waals surface area contributed by atoms with E-state index in [1.807, 2.05) is 19.2 Å². The number of nitrogens with zero attached hydrogens (tertiary/aromatic N) is 1. The van der Waals surface area contributed by atoms with E-state index in [2.05, 4.69) is 29.2 Å². The molecule has 0 unspecified atom stereocenters. The molecule has 0 atom stereocenters. The van der Waals surface area contributed by atoms with Gasteiger partial charge < -0.3 is 5.73 Å². The van der Waals surface area contributed by atoms with E-state index in [0.717, 1.165) is 0 Å². The number of rotatable bonds is 1. The average molecular weight is 202 g/mol. The predicted octanol–water partition coefficient (Wildman–Crippen LogP) is 2.24. The molecule has 0 aliphatic rings. The quantitative estimate of drug-likeness (QED) is 0.541. The number of hydrogen-bond donors (Lipinski definition) is 2. The van der Waals surface area contributed by atoms with Gasteiger partial charge in [0.25, 0.3) is 0 Å². The highest BCUT2D eigenvalue weighted by Gasteiger charge is 2.12. The Balaban J connectivity index is 3.19. The number of nitrogens with two attached hydrogens (primary N) is 1. The van der Waals surface area contributed by atoms with Crippen LogP contribution in [-0.2, 0) is 0 Å². The van der Waals surface area contributed by atoms with Gasteiger partial charge in [0.05, 0.1) is 0 Å². The SMILES string of the molecule is Cc1cc(N)ncc1S(C)(C)S. The molecule has 0 saturated heterocycles. The van der Waals surface area contributed by atoms with E-state index >= 15 is 0 Å². The van der Waals surface area contributed by atoms with Crippen molar-refractivity contribution in [2.24, 2.45) is 0 Å². The number of pyridine rings is 1. The lowest BCUT2D eigenvalue weighted by molar-refractivity contribution is 1.18. The minimum Gasteiger partial charge on any atom is -0.384 e. The molecule has 0 saturated carbocycles. The van der Waals surface area contributed by atoms with Crippen molar-refractivity contribution in [1.82, 2.24) is 4.98 Å². The molecule has 1 aromatic rings. The molecule has 0 amide bonds. The van der Waals surface area contributed by atoms with Crippen molar-refractivity contribution in [1.29, 1.82) is 0 Å². The Labute approximate surface area is 79.7 Å². The maximum Gasteiger partial charge on any atom is 0.123 e. The summed E-state index contributed by atoms with van der Waals surface area (Å²) in [5, 5.41) is 0. The molecule has 0 radical (unpaired) electrons. The molecule has 0 bridgehead atoms. The van der Waals surface area contributed by atoms with E-state index in [-0.39, 0.29) is 0 Å². The first kappa shape index (κ1) is 9.74. The number of aromatic nitrogens is 1. The molecule has 0 aliphatic heterocycles. The number of aryl methyl sites for hydroxylation is 1. The van der Waals surface area contributed by atoms with Crippen LogP contribution in [0.15, 0.2) is 17.2 Å². The van der Waals surface area contributed by atoms with E-state index in [9.17, 15) is 0 Å². The van der Waals surface area contributed by atoms with E-state index in [1.165, 1.54) is 10.5 Å². The summed E-state index contributed by atoms with van der Waals surface area (Å²) in [5.41, 5.74) is 6.72. The molecule has 0 aromatic carbocycles. The van der Waals surface area contributed by atoms with Gasteiger partial charge >= 0.3 is 0 Å². The monoisotopic (exact) mass is 202 g/mol. The van der Waals surface area contributed by atoms with Crippen molar-refractivity contribution >= 4 is 26.5 Å². The van der Waals surface area contributed by atoms with Crippen LogP contribution in [-0.4, -0.2) is 17.5 Å².